The van der Waals surface area contributed by atoms with E-state index in [9.17, 15) is 19.5 Å². The Morgan fingerprint density at radius 1 is 1.06 bits per heavy atom. The number of ketones is 1. The predicted molar refractivity (Wildman–Crippen MR) is 119 cm³/mol. The van der Waals surface area contributed by atoms with Crippen LogP contribution in [0.3, 0.4) is 0 Å². The van der Waals surface area contributed by atoms with Gasteiger partial charge in [0.05, 0.1) is 12.6 Å². The molecule has 0 spiro atoms. The molecule has 32 heavy (non-hydrogen) atoms. The SMILES string of the molecule is CNCc1ccc(C(=O)NCc2ccc(OCC(=O)N3CC(=O)C(C)C(O)C3)cc2)cc1. The van der Waals surface area contributed by atoms with Crippen LogP contribution in [0.4, 0.5) is 0 Å². The molecule has 2 unspecified atom stereocenters. The van der Waals surface area contributed by atoms with E-state index >= 15 is 0 Å². The summed E-state index contributed by atoms with van der Waals surface area (Å²) in [6, 6.07) is 14.5. The van der Waals surface area contributed by atoms with Crippen LogP contribution in [0.5, 0.6) is 5.75 Å². The average Bonchev–Trinajstić information content (AvgIpc) is 2.80. The number of likely N-dealkylation sites (tertiary alicyclic amines) is 1. The zero-order valence-electron chi connectivity index (χ0n) is 18.3. The van der Waals surface area contributed by atoms with E-state index in [2.05, 4.69) is 10.6 Å². The number of nitrogens with one attached hydrogen (secondary N) is 2. The van der Waals surface area contributed by atoms with Crippen molar-refractivity contribution in [3.05, 3.63) is 65.2 Å². The topological polar surface area (TPSA) is 108 Å². The number of hydrogen-bond acceptors (Lipinski definition) is 6. The number of hydrogen-bond donors (Lipinski definition) is 3. The second kappa shape index (κ2) is 10.9. The molecule has 2 amide bonds. The maximum Gasteiger partial charge on any atom is 0.260 e. The molecule has 1 aliphatic heterocycles. The first kappa shape index (κ1) is 23.4. The number of aliphatic hydroxyl groups is 1. The number of amides is 2. The van der Waals surface area contributed by atoms with Crippen LogP contribution in [0.1, 0.15) is 28.4 Å². The first-order chi connectivity index (χ1) is 15.4. The lowest BCUT2D eigenvalue weighted by atomic mass is 9.95. The van der Waals surface area contributed by atoms with E-state index in [0.717, 1.165) is 17.7 Å². The van der Waals surface area contributed by atoms with Crippen molar-refractivity contribution in [2.24, 2.45) is 5.92 Å². The Bertz CT molecular complexity index is 943. The average molecular weight is 440 g/mol. The van der Waals surface area contributed by atoms with Crippen molar-refractivity contribution in [1.29, 1.82) is 0 Å². The quantitative estimate of drug-likeness (QED) is 0.569. The van der Waals surface area contributed by atoms with Gasteiger partial charge in [0, 0.05) is 31.1 Å². The van der Waals surface area contributed by atoms with Crippen molar-refractivity contribution in [2.75, 3.05) is 26.7 Å². The summed E-state index contributed by atoms with van der Waals surface area (Å²) >= 11 is 0. The molecule has 8 nitrogen and oxygen atoms in total. The van der Waals surface area contributed by atoms with E-state index in [-0.39, 0.29) is 37.3 Å². The smallest absolute Gasteiger partial charge is 0.260 e. The standard InChI is InChI=1S/C24H29N3O5/c1-16-21(28)13-27(14-22(16)29)23(30)15-32-20-9-5-18(6-10-20)12-26-24(31)19-7-3-17(4-8-19)11-25-2/h3-10,16,21,25,28H,11-15H2,1-2H3,(H,26,31). The molecular weight excluding hydrogens is 410 g/mol. The van der Waals surface area contributed by atoms with Crippen LogP contribution in [-0.4, -0.2) is 60.5 Å². The minimum atomic E-state index is -0.846. The molecule has 0 bridgehead atoms. The van der Waals surface area contributed by atoms with Crippen molar-refractivity contribution in [3.8, 4) is 5.75 Å². The van der Waals surface area contributed by atoms with Gasteiger partial charge < -0.3 is 25.4 Å². The Balaban J connectivity index is 1.45. The van der Waals surface area contributed by atoms with Gasteiger partial charge >= 0.3 is 0 Å². The monoisotopic (exact) mass is 439 g/mol. The number of carbonyl (C=O) groups is 3. The fraction of sp³-hybridized carbons (Fsp3) is 0.375. The summed E-state index contributed by atoms with van der Waals surface area (Å²) in [6.45, 7) is 2.69. The zero-order valence-corrected chi connectivity index (χ0v) is 18.3. The van der Waals surface area contributed by atoms with Gasteiger partial charge in [0.15, 0.2) is 12.4 Å². The second-order valence-electron chi connectivity index (χ2n) is 7.94. The molecular formula is C24H29N3O5. The largest absolute Gasteiger partial charge is 0.484 e. The molecule has 0 aromatic heterocycles. The molecule has 8 heteroatoms. The van der Waals surface area contributed by atoms with E-state index in [1.165, 1.54) is 4.90 Å². The highest BCUT2D eigenvalue weighted by Gasteiger charge is 2.33. The van der Waals surface area contributed by atoms with Gasteiger partial charge in [-0.1, -0.05) is 31.2 Å². The third-order valence-electron chi connectivity index (χ3n) is 5.53. The summed E-state index contributed by atoms with van der Waals surface area (Å²) in [7, 11) is 1.87. The van der Waals surface area contributed by atoms with Crippen molar-refractivity contribution in [1.82, 2.24) is 15.5 Å². The molecule has 2 aromatic rings. The minimum absolute atomic E-state index is 0.00270. The maximum atomic E-state index is 12.3. The number of aliphatic hydroxyl groups excluding tert-OH is 1. The number of benzene rings is 2. The first-order valence-corrected chi connectivity index (χ1v) is 10.6. The third-order valence-corrected chi connectivity index (χ3v) is 5.53. The van der Waals surface area contributed by atoms with Gasteiger partial charge in [-0.15, -0.1) is 0 Å². The summed E-state index contributed by atoms with van der Waals surface area (Å²) in [5, 5.41) is 15.8. The number of β-amino-alcohol motifs (C(OH)–C–C–N with tert-alkyl or cyclic N) is 1. The molecule has 0 saturated carbocycles. The third kappa shape index (κ3) is 6.15. The van der Waals surface area contributed by atoms with Crippen LogP contribution in [-0.2, 0) is 22.7 Å². The van der Waals surface area contributed by atoms with Crippen LogP contribution in [0.2, 0.25) is 0 Å². The lowest BCUT2D eigenvalue weighted by Crippen LogP contribution is -2.52. The van der Waals surface area contributed by atoms with Gasteiger partial charge in [-0.25, -0.2) is 0 Å². The van der Waals surface area contributed by atoms with E-state index in [0.29, 0.717) is 17.9 Å². The van der Waals surface area contributed by atoms with Gasteiger partial charge in [0.1, 0.15) is 5.75 Å². The van der Waals surface area contributed by atoms with E-state index in [1.807, 2.05) is 31.3 Å². The van der Waals surface area contributed by atoms with Crippen LogP contribution in [0, 0.1) is 5.92 Å². The van der Waals surface area contributed by atoms with Crippen LogP contribution >= 0.6 is 0 Å². The van der Waals surface area contributed by atoms with E-state index in [1.54, 1.807) is 31.2 Å². The molecule has 1 heterocycles. The molecule has 1 aliphatic rings. The molecule has 2 atom stereocenters. The molecule has 0 aliphatic carbocycles. The van der Waals surface area contributed by atoms with Crippen LogP contribution in [0.15, 0.2) is 48.5 Å². The van der Waals surface area contributed by atoms with Crippen LogP contribution < -0.4 is 15.4 Å². The van der Waals surface area contributed by atoms with Crippen molar-refractivity contribution >= 4 is 17.6 Å². The molecule has 0 radical (unpaired) electrons. The van der Waals surface area contributed by atoms with Crippen molar-refractivity contribution < 1.29 is 24.2 Å². The van der Waals surface area contributed by atoms with Gasteiger partial charge in [-0.3, -0.25) is 14.4 Å². The Hall–Kier alpha value is -3.23. The predicted octanol–water partition coefficient (Wildman–Crippen LogP) is 1.12. The number of nitrogens with zero attached hydrogens (tertiary/aromatic N) is 1. The van der Waals surface area contributed by atoms with E-state index in [4.69, 9.17) is 4.74 Å². The van der Waals surface area contributed by atoms with Crippen LogP contribution in [0.25, 0.3) is 0 Å². The molecule has 3 N–H and O–H groups in total. The lowest BCUT2D eigenvalue weighted by molar-refractivity contribution is -0.146. The highest BCUT2D eigenvalue weighted by molar-refractivity contribution is 5.94. The Morgan fingerprint density at radius 2 is 1.69 bits per heavy atom. The summed E-state index contributed by atoms with van der Waals surface area (Å²) in [6.07, 6.45) is -0.846. The summed E-state index contributed by atoms with van der Waals surface area (Å²) in [5.74, 6) is -0.602. The summed E-state index contributed by atoms with van der Waals surface area (Å²) in [5.41, 5.74) is 2.59. The fourth-order valence-electron chi connectivity index (χ4n) is 3.39. The number of Topliss-reactive ketones (excluding diaryl/α,β-unsaturated/α-hetero) is 1. The van der Waals surface area contributed by atoms with Crippen molar-refractivity contribution in [2.45, 2.75) is 26.1 Å². The normalized spacial score (nSPS) is 18.3. The number of rotatable bonds is 8. The highest BCUT2D eigenvalue weighted by atomic mass is 16.5. The zero-order chi connectivity index (χ0) is 23.1. The molecule has 1 fully saturated rings. The number of carbonyl (C=O) groups excluding carboxylic acids is 3. The van der Waals surface area contributed by atoms with Gasteiger partial charge in [0.2, 0.25) is 0 Å². The molecule has 2 aromatic carbocycles. The molecule has 1 saturated heterocycles. The summed E-state index contributed by atoms with van der Waals surface area (Å²) in [4.78, 5) is 37.8. The van der Waals surface area contributed by atoms with E-state index < -0.39 is 12.0 Å². The minimum Gasteiger partial charge on any atom is -0.484 e. The fourth-order valence-corrected chi connectivity index (χ4v) is 3.39. The van der Waals surface area contributed by atoms with Crippen molar-refractivity contribution in [3.63, 3.8) is 0 Å². The Morgan fingerprint density at radius 3 is 2.31 bits per heavy atom. The highest BCUT2D eigenvalue weighted by Crippen LogP contribution is 2.16. The first-order valence-electron chi connectivity index (χ1n) is 10.6. The Kier molecular flexibility index (Phi) is 7.97. The number of piperidine rings is 1. The maximum absolute atomic E-state index is 12.3. The second-order valence-corrected chi connectivity index (χ2v) is 7.94. The van der Waals surface area contributed by atoms with Gasteiger partial charge in [-0.05, 0) is 42.4 Å². The summed E-state index contributed by atoms with van der Waals surface area (Å²) < 4.78 is 5.52. The number of ether oxygens (including phenoxy) is 1. The molecule has 170 valence electrons. The molecule has 3 rings (SSSR count). The Labute approximate surface area is 187 Å². The van der Waals surface area contributed by atoms with Gasteiger partial charge in [0.25, 0.3) is 11.8 Å². The lowest BCUT2D eigenvalue weighted by Gasteiger charge is -2.33. The van der Waals surface area contributed by atoms with Gasteiger partial charge in [-0.2, -0.15) is 0 Å².